The van der Waals surface area contributed by atoms with Gasteiger partial charge in [-0.3, -0.25) is 14.6 Å². The normalized spacial score (nSPS) is 17.6. The predicted octanol–water partition coefficient (Wildman–Crippen LogP) is 3.88. The summed E-state index contributed by atoms with van der Waals surface area (Å²) in [5, 5.41) is 8.32. The van der Waals surface area contributed by atoms with E-state index in [0.717, 1.165) is 12.8 Å². The fourth-order valence-corrected chi connectivity index (χ4v) is 4.42. The quantitative estimate of drug-likeness (QED) is 0.508. The highest BCUT2D eigenvalue weighted by Crippen LogP contribution is 2.38. The number of halogens is 4. The Kier molecular flexibility index (Phi) is 7.85. The van der Waals surface area contributed by atoms with Crippen LogP contribution >= 0.6 is 11.6 Å². The number of alkyl halides is 3. The van der Waals surface area contributed by atoms with Gasteiger partial charge in [-0.15, -0.1) is 18.7 Å². The van der Waals surface area contributed by atoms with Gasteiger partial charge in [0, 0.05) is 36.3 Å². The van der Waals surface area contributed by atoms with E-state index in [9.17, 15) is 22.8 Å². The van der Waals surface area contributed by atoms with Crippen molar-refractivity contribution >= 4 is 35.4 Å². The fraction of sp³-hybridized carbons (Fsp3) is 0.348. The Labute approximate surface area is 210 Å². The van der Waals surface area contributed by atoms with Crippen LogP contribution in [0.3, 0.4) is 0 Å². The summed E-state index contributed by atoms with van der Waals surface area (Å²) >= 11 is 6.38. The van der Waals surface area contributed by atoms with Crippen LogP contribution in [0.25, 0.3) is 11.1 Å². The average molecular weight is 525 g/mol. The summed E-state index contributed by atoms with van der Waals surface area (Å²) in [6.07, 6.45) is -0.993. The van der Waals surface area contributed by atoms with Crippen LogP contribution in [-0.2, 0) is 9.59 Å². The maximum atomic E-state index is 13.1. The molecule has 0 saturated carbocycles. The minimum absolute atomic E-state index is 0.135. The van der Waals surface area contributed by atoms with Gasteiger partial charge < -0.3 is 15.0 Å². The average Bonchev–Trinajstić information content (AvgIpc) is 3.36. The number of ether oxygens (including phenoxy) is 1. The number of hydrazine groups is 2. The molecule has 0 aromatic heterocycles. The maximum Gasteiger partial charge on any atom is 0.573 e. The number of benzene rings is 2. The number of nitrogens with one attached hydrogen (secondary N) is 3. The van der Waals surface area contributed by atoms with E-state index in [1.54, 1.807) is 22.0 Å². The summed E-state index contributed by atoms with van der Waals surface area (Å²) in [7, 11) is 0. The number of hydrazone groups is 1. The molecule has 2 heterocycles. The lowest BCUT2D eigenvalue weighted by Gasteiger charge is -2.35. The molecule has 2 amide bonds. The minimum atomic E-state index is -4.85. The van der Waals surface area contributed by atoms with Crippen LogP contribution in [0.1, 0.15) is 25.7 Å². The first-order valence-electron chi connectivity index (χ1n) is 11.3. The van der Waals surface area contributed by atoms with E-state index in [2.05, 4.69) is 26.2 Å². The third-order valence-corrected chi connectivity index (χ3v) is 6.10. The van der Waals surface area contributed by atoms with Crippen molar-refractivity contribution in [2.75, 3.05) is 18.4 Å². The number of rotatable bonds is 7. The Morgan fingerprint density at radius 2 is 1.97 bits per heavy atom. The highest BCUT2D eigenvalue weighted by Gasteiger charge is 2.33. The molecule has 1 fully saturated rings. The van der Waals surface area contributed by atoms with E-state index >= 15 is 0 Å². The van der Waals surface area contributed by atoms with E-state index in [0.29, 0.717) is 30.8 Å². The van der Waals surface area contributed by atoms with Gasteiger partial charge in [-0.2, -0.15) is 5.10 Å². The van der Waals surface area contributed by atoms with E-state index in [1.165, 1.54) is 36.7 Å². The molecule has 2 aliphatic heterocycles. The lowest BCUT2D eigenvalue weighted by atomic mass is 10.0. The smallest absolute Gasteiger partial charge is 0.405 e. The molecule has 0 bridgehead atoms. The number of para-hydroxylation sites is 1. The summed E-state index contributed by atoms with van der Waals surface area (Å²) in [5.74, 6) is -0.881. The molecule has 192 valence electrons. The SMILES string of the molecule is O=C(Nc1ccc(-c2ccccc2OC(F)(F)F)c(Cl)c1)[C@H]1CCCCN1C(=O)CCN1C=NNN1. The van der Waals surface area contributed by atoms with E-state index in [4.69, 9.17) is 11.6 Å². The largest absolute Gasteiger partial charge is 0.573 e. The lowest BCUT2D eigenvalue weighted by Crippen LogP contribution is -2.50. The molecule has 1 atom stereocenters. The number of likely N-dealkylation sites (tertiary alicyclic amines) is 1. The first-order chi connectivity index (χ1) is 17.2. The number of carbonyl (C=O) groups is 2. The van der Waals surface area contributed by atoms with E-state index in [-0.39, 0.29) is 34.6 Å². The molecule has 9 nitrogen and oxygen atoms in total. The molecule has 2 aromatic carbocycles. The fourth-order valence-electron chi connectivity index (χ4n) is 4.14. The van der Waals surface area contributed by atoms with Crippen molar-refractivity contribution in [3.05, 3.63) is 47.5 Å². The van der Waals surface area contributed by atoms with Crippen LogP contribution in [0, 0.1) is 0 Å². The second kappa shape index (κ2) is 11.0. The van der Waals surface area contributed by atoms with Crippen molar-refractivity contribution < 1.29 is 27.5 Å². The molecule has 36 heavy (non-hydrogen) atoms. The first kappa shape index (κ1) is 25.6. The molecule has 13 heteroatoms. The Morgan fingerprint density at radius 3 is 2.69 bits per heavy atom. The van der Waals surface area contributed by atoms with Crippen LogP contribution < -0.4 is 21.1 Å². The molecule has 2 aromatic rings. The molecule has 2 aliphatic rings. The van der Waals surface area contributed by atoms with E-state index in [1.807, 2.05) is 0 Å². The maximum absolute atomic E-state index is 13.1. The summed E-state index contributed by atoms with van der Waals surface area (Å²) in [5.41, 5.74) is 6.15. The summed E-state index contributed by atoms with van der Waals surface area (Å²) in [4.78, 5) is 27.5. The summed E-state index contributed by atoms with van der Waals surface area (Å²) < 4.78 is 42.5. The van der Waals surface area contributed by atoms with Crippen molar-refractivity contribution in [2.24, 2.45) is 5.10 Å². The number of amides is 2. The van der Waals surface area contributed by atoms with Crippen LogP contribution in [0.5, 0.6) is 5.75 Å². The van der Waals surface area contributed by atoms with Gasteiger partial charge in [-0.1, -0.05) is 35.9 Å². The topological polar surface area (TPSA) is 98.3 Å². The molecule has 0 unspecified atom stereocenters. The van der Waals surface area contributed by atoms with Crippen LogP contribution in [0.4, 0.5) is 18.9 Å². The first-order valence-corrected chi connectivity index (χ1v) is 11.6. The van der Waals surface area contributed by atoms with Gasteiger partial charge in [0.05, 0.1) is 5.02 Å². The van der Waals surface area contributed by atoms with Gasteiger partial charge in [-0.05, 0) is 37.5 Å². The second-order valence-electron chi connectivity index (χ2n) is 8.24. The van der Waals surface area contributed by atoms with Gasteiger partial charge in [-0.25, -0.2) is 5.53 Å². The van der Waals surface area contributed by atoms with Crippen LogP contribution in [-0.4, -0.2) is 53.6 Å². The van der Waals surface area contributed by atoms with Gasteiger partial charge in [0.1, 0.15) is 18.1 Å². The third-order valence-electron chi connectivity index (χ3n) is 5.79. The number of hydrogen-bond donors (Lipinski definition) is 3. The van der Waals surface area contributed by atoms with Crippen LogP contribution in [0.2, 0.25) is 5.02 Å². The number of anilines is 1. The molecular weight excluding hydrogens is 501 g/mol. The number of carbonyl (C=O) groups excluding carboxylic acids is 2. The zero-order chi connectivity index (χ0) is 25.7. The summed E-state index contributed by atoms with van der Waals surface area (Å²) in [6, 6.07) is 9.54. The standard InChI is InChI=1S/C23H24ClF3N6O3/c24-18-13-15(8-9-16(18)17-5-1-2-7-20(17)36-23(25,26)27)29-22(35)19-6-3-4-11-33(19)21(34)10-12-32-14-28-30-31-32/h1-2,5,7-9,13-14,19,30-31H,3-4,6,10-12H2,(H,29,35)/t19-/m1/s1. The number of nitrogens with zero attached hydrogens (tertiary/aromatic N) is 3. The Bertz CT molecular complexity index is 1150. The monoisotopic (exact) mass is 524 g/mol. The molecule has 0 spiro atoms. The van der Waals surface area contributed by atoms with Crippen molar-refractivity contribution in [1.82, 2.24) is 21.0 Å². The Balaban J connectivity index is 1.44. The van der Waals surface area contributed by atoms with Gasteiger partial charge in [0.2, 0.25) is 11.8 Å². The Hall–Kier alpha value is -3.51. The third kappa shape index (κ3) is 6.38. The molecule has 0 radical (unpaired) electrons. The van der Waals surface area contributed by atoms with Gasteiger partial charge >= 0.3 is 6.36 Å². The Morgan fingerprint density at radius 1 is 1.17 bits per heavy atom. The van der Waals surface area contributed by atoms with Crippen LogP contribution in [0.15, 0.2) is 47.6 Å². The minimum Gasteiger partial charge on any atom is -0.405 e. The zero-order valence-corrected chi connectivity index (χ0v) is 19.8. The van der Waals surface area contributed by atoms with Gasteiger partial charge in [0.25, 0.3) is 0 Å². The lowest BCUT2D eigenvalue weighted by molar-refractivity contribution is -0.274. The summed E-state index contributed by atoms with van der Waals surface area (Å²) in [6.45, 7) is 0.864. The van der Waals surface area contributed by atoms with E-state index < -0.39 is 12.4 Å². The zero-order valence-electron chi connectivity index (χ0n) is 19.0. The molecule has 4 rings (SSSR count). The van der Waals surface area contributed by atoms with Gasteiger partial charge in [0.15, 0.2) is 0 Å². The second-order valence-corrected chi connectivity index (χ2v) is 8.65. The number of piperidine rings is 1. The molecule has 3 N–H and O–H groups in total. The highest BCUT2D eigenvalue weighted by atomic mass is 35.5. The highest BCUT2D eigenvalue weighted by molar-refractivity contribution is 6.33. The van der Waals surface area contributed by atoms with Crippen molar-refractivity contribution in [1.29, 1.82) is 0 Å². The van der Waals surface area contributed by atoms with Crippen molar-refractivity contribution in [3.8, 4) is 16.9 Å². The molecule has 1 saturated heterocycles. The van der Waals surface area contributed by atoms with Crippen molar-refractivity contribution in [3.63, 3.8) is 0 Å². The number of hydrogen-bond acceptors (Lipinski definition) is 7. The molecular formula is C23H24ClF3N6O3. The van der Waals surface area contributed by atoms with Crippen molar-refractivity contribution in [2.45, 2.75) is 38.1 Å². The molecule has 0 aliphatic carbocycles. The predicted molar refractivity (Wildman–Crippen MR) is 128 cm³/mol.